The summed E-state index contributed by atoms with van der Waals surface area (Å²) in [5, 5.41) is 3.46. The van der Waals surface area contributed by atoms with E-state index in [9.17, 15) is 0 Å². The Bertz CT molecular complexity index is 248. The average molecular weight is 193 g/mol. The van der Waals surface area contributed by atoms with Gasteiger partial charge in [-0.15, -0.1) is 0 Å². The van der Waals surface area contributed by atoms with Crippen LogP contribution in [0, 0.1) is 0 Å². The molecule has 3 nitrogen and oxygen atoms in total. The summed E-state index contributed by atoms with van der Waals surface area (Å²) >= 11 is 0. The number of nitrogens with zero attached hydrogens (tertiary/aromatic N) is 2. The SMILES string of the molecule is CCCNC(C)C(C)c1cnccn1. The van der Waals surface area contributed by atoms with Crippen LogP contribution in [-0.2, 0) is 0 Å². The predicted molar refractivity (Wildman–Crippen MR) is 58.2 cm³/mol. The molecular formula is C11H19N3. The Kier molecular flexibility index (Phi) is 4.53. The molecule has 0 bridgehead atoms. The first-order chi connectivity index (χ1) is 6.75. The molecule has 0 spiro atoms. The van der Waals surface area contributed by atoms with Crippen LogP contribution in [0.15, 0.2) is 18.6 Å². The summed E-state index contributed by atoms with van der Waals surface area (Å²) in [6, 6.07) is 0.451. The standard InChI is InChI=1S/C11H19N3/c1-4-5-13-10(3)9(2)11-8-12-6-7-14-11/h6-10,13H,4-5H2,1-3H3. The van der Waals surface area contributed by atoms with Gasteiger partial charge in [-0.25, -0.2) is 0 Å². The molecule has 1 heterocycles. The number of aromatic nitrogens is 2. The third-order valence-electron chi connectivity index (χ3n) is 2.52. The molecule has 0 saturated heterocycles. The van der Waals surface area contributed by atoms with Crippen LogP contribution in [0.1, 0.15) is 38.8 Å². The minimum Gasteiger partial charge on any atom is -0.314 e. The normalized spacial score (nSPS) is 15.1. The molecule has 2 atom stereocenters. The summed E-state index contributed by atoms with van der Waals surface area (Å²) in [7, 11) is 0. The maximum atomic E-state index is 4.31. The molecule has 1 aromatic heterocycles. The molecule has 0 amide bonds. The molecule has 0 aliphatic carbocycles. The van der Waals surface area contributed by atoms with Gasteiger partial charge in [0.05, 0.1) is 5.69 Å². The third kappa shape index (κ3) is 3.07. The van der Waals surface area contributed by atoms with Crippen molar-refractivity contribution in [2.75, 3.05) is 6.54 Å². The first-order valence-corrected chi connectivity index (χ1v) is 5.25. The lowest BCUT2D eigenvalue weighted by Crippen LogP contribution is -2.31. The molecule has 0 aliphatic heterocycles. The summed E-state index contributed by atoms with van der Waals surface area (Å²) < 4.78 is 0. The molecule has 14 heavy (non-hydrogen) atoms. The lowest BCUT2D eigenvalue weighted by atomic mass is 10.0. The van der Waals surface area contributed by atoms with Crippen molar-refractivity contribution in [3.8, 4) is 0 Å². The van der Waals surface area contributed by atoms with Crippen molar-refractivity contribution >= 4 is 0 Å². The van der Waals surface area contributed by atoms with Crippen molar-refractivity contribution < 1.29 is 0 Å². The molecule has 1 N–H and O–H groups in total. The second-order valence-electron chi connectivity index (χ2n) is 3.66. The van der Waals surface area contributed by atoms with E-state index in [0.717, 1.165) is 18.7 Å². The summed E-state index contributed by atoms with van der Waals surface area (Å²) in [6.45, 7) is 7.60. The van der Waals surface area contributed by atoms with E-state index in [1.165, 1.54) is 0 Å². The third-order valence-corrected chi connectivity index (χ3v) is 2.52. The van der Waals surface area contributed by atoms with Crippen LogP contribution >= 0.6 is 0 Å². The zero-order chi connectivity index (χ0) is 10.4. The van der Waals surface area contributed by atoms with Gasteiger partial charge in [0.1, 0.15) is 0 Å². The highest BCUT2D eigenvalue weighted by molar-refractivity contribution is 5.04. The van der Waals surface area contributed by atoms with Gasteiger partial charge < -0.3 is 5.32 Å². The molecule has 0 aromatic carbocycles. The molecule has 0 aliphatic rings. The highest BCUT2D eigenvalue weighted by Gasteiger charge is 2.14. The van der Waals surface area contributed by atoms with Gasteiger partial charge >= 0.3 is 0 Å². The number of hydrogen-bond donors (Lipinski definition) is 1. The van der Waals surface area contributed by atoms with Gasteiger partial charge in [0.2, 0.25) is 0 Å². The van der Waals surface area contributed by atoms with Crippen LogP contribution < -0.4 is 5.32 Å². The van der Waals surface area contributed by atoms with Crippen LogP contribution in [0.2, 0.25) is 0 Å². The van der Waals surface area contributed by atoms with Gasteiger partial charge in [0.15, 0.2) is 0 Å². The number of rotatable bonds is 5. The fourth-order valence-electron chi connectivity index (χ4n) is 1.35. The largest absolute Gasteiger partial charge is 0.314 e. The van der Waals surface area contributed by atoms with Crippen molar-refractivity contribution in [2.24, 2.45) is 0 Å². The van der Waals surface area contributed by atoms with Crippen LogP contribution in [0.5, 0.6) is 0 Å². The molecule has 0 saturated carbocycles. The topological polar surface area (TPSA) is 37.8 Å². The van der Waals surface area contributed by atoms with Crippen molar-refractivity contribution in [3.05, 3.63) is 24.3 Å². The van der Waals surface area contributed by atoms with E-state index < -0.39 is 0 Å². The van der Waals surface area contributed by atoms with Crippen molar-refractivity contribution in [1.29, 1.82) is 0 Å². The Balaban J connectivity index is 2.52. The van der Waals surface area contributed by atoms with E-state index in [1.54, 1.807) is 12.4 Å². The van der Waals surface area contributed by atoms with E-state index in [-0.39, 0.29) is 0 Å². The Morgan fingerprint density at radius 3 is 2.71 bits per heavy atom. The van der Waals surface area contributed by atoms with Gasteiger partial charge in [-0.05, 0) is 19.9 Å². The zero-order valence-electron chi connectivity index (χ0n) is 9.20. The van der Waals surface area contributed by atoms with Crippen LogP contribution in [0.3, 0.4) is 0 Å². The van der Waals surface area contributed by atoms with Crippen LogP contribution in [-0.4, -0.2) is 22.6 Å². The van der Waals surface area contributed by atoms with Gasteiger partial charge in [-0.1, -0.05) is 13.8 Å². The second-order valence-corrected chi connectivity index (χ2v) is 3.66. The van der Waals surface area contributed by atoms with Crippen molar-refractivity contribution in [1.82, 2.24) is 15.3 Å². The van der Waals surface area contributed by atoms with E-state index in [1.807, 2.05) is 6.20 Å². The second kappa shape index (κ2) is 5.70. The maximum absolute atomic E-state index is 4.31. The summed E-state index contributed by atoms with van der Waals surface area (Å²) in [6.07, 6.45) is 6.46. The molecule has 78 valence electrons. The maximum Gasteiger partial charge on any atom is 0.0630 e. The first kappa shape index (κ1) is 11.1. The monoisotopic (exact) mass is 193 g/mol. The first-order valence-electron chi connectivity index (χ1n) is 5.25. The minimum atomic E-state index is 0.412. The Morgan fingerprint density at radius 1 is 1.36 bits per heavy atom. The van der Waals surface area contributed by atoms with Crippen LogP contribution in [0.4, 0.5) is 0 Å². The number of hydrogen-bond acceptors (Lipinski definition) is 3. The van der Waals surface area contributed by atoms with Gasteiger partial charge in [-0.2, -0.15) is 0 Å². The fourth-order valence-corrected chi connectivity index (χ4v) is 1.35. The Morgan fingerprint density at radius 2 is 2.14 bits per heavy atom. The smallest absolute Gasteiger partial charge is 0.0630 e. The molecule has 1 aromatic rings. The molecule has 3 heteroatoms. The number of nitrogens with one attached hydrogen (secondary N) is 1. The van der Waals surface area contributed by atoms with E-state index >= 15 is 0 Å². The molecule has 0 fully saturated rings. The van der Waals surface area contributed by atoms with Gasteiger partial charge in [0.25, 0.3) is 0 Å². The quantitative estimate of drug-likeness (QED) is 0.777. The predicted octanol–water partition coefficient (Wildman–Crippen LogP) is 1.97. The molecule has 1 rings (SSSR count). The lowest BCUT2D eigenvalue weighted by molar-refractivity contribution is 0.474. The Hall–Kier alpha value is -0.960. The molecule has 0 radical (unpaired) electrons. The van der Waals surface area contributed by atoms with Gasteiger partial charge in [-0.3, -0.25) is 9.97 Å². The summed E-state index contributed by atoms with van der Waals surface area (Å²) in [5.74, 6) is 0.412. The highest BCUT2D eigenvalue weighted by Crippen LogP contribution is 2.14. The van der Waals surface area contributed by atoms with Crippen molar-refractivity contribution in [3.63, 3.8) is 0 Å². The summed E-state index contributed by atoms with van der Waals surface area (Å²) in [5.41, 5.74) is 1.06. The van der Waals surface area contributed by atoms with Crippen molar-refractivity contribution in [2.45, 2.75) is 39.2 Å². The Labute approximate surface area is 86.0 Å². The van der Waals surface area contributed by atoms with E-state index in [0.29, 0.717) is 12.0 Å². The molecular weight excluding hydrogens is 174 g/mol. The van der Waals surface area contributed by atoms with Gasteiger partial charge in [0, 0.05) is 30.6 Å². The average Bonchev–Trinajstić information content (AvgIpc) is 2.26. The lowest BCUT2D eigenvalue weighted by Gasteiger charge is -2.20. The zero-order valence-corrected chi connectivity index (χ0v) is 9.20. The molecule has 2 unspecified atom stereocenters. The summed E-state index contributed by atoms with van der Waals surface area (Å²) in [4.78, 5) is 8.38. The van der Waals surface area contributed by atoms with E-state index in [2.05, 4.69) is 36.1 Å². The van der Waals surface area contributed by atoms with E-state index in [4.69, 9.17) is 0 Å². The van der Waals surface area contributed by atoms with Crippen LogP contribution in [0.25, 0.3) is 0 Å². The minimum absolute atomic E-state index is 0.412. The fraction of sp³-hybridized carbons (Fsp3) is 0.636. The highest BCUT2D eigenvalue weighted by atomic mass is 14.9.